The van der Waals surface area contributed by atoms with E-state index in [1.54, 1.807) is 0 Å². The molecule has 156 valence electrons. The maximum atomic E-state index is 12.8. The second-order valence-corrected chi connectivity index (χ2v) is 8.74. The largest absolute Gasteiger partial charge is 0.392 e. The molecule has 2 unspecified atom stereocenters. The van der Waals surface area contributed by atoms with E-state index >= 15 is 0 Å². The van der Waals surface area contributed by atoms with Crippen LogP contribution in [0.4, 0.5) is 0 Å². The number of aliphatic hydroxyl groups excluding tert-OH is 1. The van der Waals surface area contributed by atoms with Crippen molar-refractivity contribution in [2.24, 2.45) is 0 Å². The van der Waals surface area contributed by atoms with Crippen LogP contribution in [0.5, 0.6) is 0 Å². The van der Waals surface area contributed by atoms with Crippen molar-refractivity contribution < 1.29 is 14.7 Å². The van der Waals surface area contributed by atoms with Gasteiger partial charge in [-0.05, 0) is 24.8 Å². The topological polar surface area (TPSA) is 67.3 Å². The molecule has 0 aliphatic carbocycles. The van der Waals surface area contributed by atoms with Crippen LogP contribution in [0.1, 0.15) is 29.9 Å². The van der Waals surface area contributed by atoms with Crippen molar-refractivity contribution in [3.8, 4) is 0 Å². The maximum absolute atomic E-state index is 12.8. The number of amides is 2. The summed E-state index contributed by atoms with van der Waals surface area (Å²) in [7, 11) is 0. The normalized spacial score (nSPS) is 23.0. The Bertz CT molecular complexity index is 644. The van der Waals surface area contributed by atoms with Gasteiger partial charge in [-0.3, -0.25) is 19.4 Å². The summed E-state index contributed by atoms with van der Waals surface area (Å²) in [6, 6.07) is 4.13. The van der Waals surface area contributed by atoms with Crippen LogP contribution in [0.25, 0.3) is 0 Å². The van der Waals surface area contributed by atoms with E-state index < -0.39 is 0 Å². The molecule has 1 aromatic rings. The van der Waals surface area contributed by atoms with Crippen LogP contribution in [0.3, 0.4) is 0 Å². The van der Waals surface area contributed by atoms with Gasteiger partial charge in [-0.25, -0.2) is 0 Å². The zero-order valence-electron chi connectivity index (χ0n) is 16.9. The van der Waals surface area contributed by atoms with Crippen molar-refractivity contribution in [1.29, 1.82) is 0 Å². The molecule has 1 N–H and O–H groups in total. The van der Waals surface area contributed by atoms with Crippen LogP contribution in [0, 0.1) is 0 Å². The highest BCUT2D eigenvalue weighted by atomic mass is 32.1. The van der Waals surface area contributed by atoms with Crippen molar-refractivity contribution in [1.82, 2.24) is 19.6 Å². The minimum atomic E-state index is -0.324. The number of aliphatic hydroxyl groups is 1. The summed E-state index contributed by atoms with van der Waals surface area (Å²) < 4.78 is 0. The van der Waals surface area contributed by atoms with Gasteiger partial charge in [0.1, 0.15) is 0 Å². The summed E-state index contributed by atoms with van der Waals surface area (Å²) >= 11 is 1.46. The lowest BCUT2D eigenvalue weighted by atomic mass is 10.1. The van der Waals surface area contributed by atoms with Gasteiger partial charge in [-0.15, -0.1) is 11.3 Å². The Morgan fingerprint density at radius 1 is 1.18 bits per heavy atom. The van der Waals surface area contributed by atoms with Gasteiger partial charge in [0.05, 0.1) is 17.5 Å². The highest BCUT2D eigenvalue weighted by Gasteiger charge is 2.30. The molecule has 0 aromatic carbocycles. The molecule has 2 aliphatic rings. The van der Waals surface area contributed by atoms with Crippen LogP contribution in [-0.4, -0.2) is 108 Å². The fourth-order valence-electron chi connectivity index (χ4n) is 4.07. The minimum Gasteiger partial charge on any atom is -0.392 e. The van der Waals surface area contributed by atoms with Gasteiger partial charge >= 0.3 is 0 Å². The molecule has 2 amide bonds. The SMILES string of the molecule is CCC1CN(CC(=O)N2CCN(C(=O)c3cccs3)CC2)CCN1CC(C)O. The van der Waals surface area contributed by atoms with Crippen LogP contribution < -0.4 is 0 Å². The Kier molecular flexibility index (Phi) is 7.45. The number of thiophene rings is 1. The van der Waals surface area contributed by atoms with E-state index in [0.717, 1.165) is 30.9 Å². The van der Waals surface area contributed by atoms with E-state index in [2.05, 4.69) is 16.7 Å². The van der Waals surface area contributed by atoms with E-state index in [0.29, 0.717) is 45.3 Å². The third-order valence-electron chi connectivity index (χ3n) is 5.67. The number of rotatable bonds is 6. The molecule has 0 bridgehead atoms. The van der Waals surface area contributed by atoms with E-state index in [-0.39, 0.29) is 17.9 Å². The van der Waals surface area contributed by atoms with Crippen LogP contribution >= 0.6 is 11.3 Å². The molecule has 2 fully saturated rings. The lowest BCUT2D eigenvalue weighted by molar-refractivity contribution is -0.134. The molecule has 2 atom stereocenters. The first-order valence-electron chi connectivity index (χ1n) is 10.2. The van der Waals surface area contributed by atoms with E-state index in [9.17, 15) is 14.7 Å². The second kappa shape index (κ2) is 9.82. The number of hydrogen-bond acceptors (Lipinski definition) is 6. The molecule has 0 radical (unpaired) electrons. The lowest BCUT2D eigenvalue weighted by Gasteiger charge is -2.42. The summed E-state index contributed by atoms with van der Waals surface area (Å²) in [6.07, 6.45) is 0.691. The average molecular weight is 409 g/mol. The molecule has 3 rings (SSSR count). The van der Waals surface area contributed by atoms with Gasteiger partial charge in [-0.1, -0.05) is 13.0 Å². The molecule has 28 heavy (non-hydrogen) atoms. The summed E-state index contributed by atoms with van der Waals surface area (Å²) in [5.74, 6) is 0.226. The van der Waals surface area contributed by atoms with Crippen molar-refractivity contribution in [3.05, 3.63) is 22.4 Å². The smallest absolute Gasteiger partial charge is 0.264 e. The molecular formula is C20H32N4O3S. The summed E-state index contributed by atoms with van der Waals surface area (Å²) in [4.78, 5) is 34.3. The Morgan fingerprint density at radius 3 is 2.50 bits per heavy atom. The predicted molar refractivity (Wildman–Crippen MR) is 111 cm³/mol. The fraction of sp³-hybridized carbons (Fsp3) is 0.700. The highest BCUT2D eigenvalue weighted by Crippen LogP contribution is 2.16. The summed E-state index contributed by atoms with van der Waals surface area (Å²) in [6.45, 7) is 10.1. The highest BCUT2D eigenvalue weighted by molar-refractivity contribution is 7.12. The quantitative estimate of drug-likeness (QED) is 0.755. The van der Waals surface area contributed by atoms with Gasteiger partial charge in [0.15, 0.2) is 0 Å². The molecule has 2 saturated heterocycles. The zero-order chi connectivity index (χ0) is 20.1. The minimum absolute atomic E-state index is 0.0714. The number of carbonyl (C=O) groups is 2. The lowest BCUT2D eigenvalue weighted by Crippen LogP contribution is -2.57. The fourth-order valence-corrected chi connectivity index (χ4v) is 4.76. The molecule has 8 heteroatoms. The molecule has 3 heterocycles. The van der Waals surface area contributed by atoms with Crippen molar-refractivity contribution >= 4 is 23.2 Å². The molecule has 0 saturated carbocycles. The Balaban J connectivity index is 1.45. The Hall–Kier alpha value is -1.48. The van der Waals surface area contributed by atoms with Gasteiger partial charge in [-0.2, -0.15) is 0 Å². The van der Waals surface area contributed by atoms with Crippen molar-refractivity contribution in [2.45, 2.75) is 32.4 Å². The number of hydrogen-bond donors (Lipinski definition) is 1. The monoisotopic (exact) mass is 408 g/mol. The van der Waals surface area contributed by atoms with E-state index in [1.165, 1.54) is 11.3 Å². The van der Waals surface area contributed by atoms with Crippen molar-refractivity contribution in [2.75, 3.05) is 58.9 Å². The molecule has 2 aliphatic heterocycles. The van der Waals surface area contributed by atoms with Crippen LogP contribution in [-0.2, 0) is 4.79 Å². The third kappa shape index (κ3) is 5.31. The molecular weight excluding hydrogens is 376 g/mol. The maximum Gasteiger partial charge on any atom is 0.264 e. The van der Waals surface area contributed by atoms with E-state index in [4.69, 9.17) is 0 Å². The first kappa shape index (κ1) is 21.2. The summed E-state index contributed by atoms with van der Waals surface area (Å²) in [5.41, 5.74) is 0. The number of nitrogens with zero attached hydrogens (tertiary/aromatic N) is 4. The third-order valence-corrected chi connectivity index (χ3v) is 6.53. The number of β-amino-alcohol motifs (C(OH)–C–C–N with tert-alkyl or cyclic N) is 1. The first-order valence-corrected chi connectivity index (χ1v) is 11.1. The summed E-state index contributed by atoms with van der Waals surface area (Å²) in [5, 5.41) is 11.6. The molecule has 0 spiro atoms. The zero-order valence-corrected chi connectivity index (χ0v) is 17.7. The van der Waals surface area contributed by atoms with Gasteiger partial charge in [0.25, 0.3) is 5.91 Å². The molecule has 1 aromatic heterocycles. The average Bonchev–Trinajstić information content (AvgIpc) is 3.23. The second-order valence-electron chi connectivity index (χ2n) is 7.79. The predicted octanol–water partition coefficient (Wildman–Crippen LogP) is 0.810. The first-order chi connectivity index (χ1) is 13.5. The number of carbonyl (C=O) groups excluding carboxylic acids is 2. The van der Waals surface area contributed by atoms with Gasteiger partial charge in [0.2, 0.25) is 5.91 Å². The Morgan fingerprint density at radius 2 is 1.89 bits per heavy atom. The van der Waals surface area contributed by atoms with Crippen molar-refractivity contribution in [3.63, 3.8) is 0 Å². The standard InChI is InChI=1S/C20H32N4O3S/c1-3-17-14-21(6-7-24(17)13-16(2)25)15-19(26)22-8-10-23(11-9-22)20(27)18-5-4-12-28-18/h4-5,12,16-17,25H,3,6-11,13-15H2,1-2H3. The van der Waals surface area contributed by atoms with E-state index in [1.807, 2.05) is 34.2 Å². The molecule has 7 nitrogen and oxygen atoms in total. The van der Waals surface area contributed by atoms with Gasteiger partial charge < -0.3 is 14.9 Å². The number of piperazine rings is 2. The van der Waals surface area contributed by atoms with Gasteiger partial charge in [0, 0.05) is 58.4 Å². The van der Waals surface area contributed by atoms with Crippen LogP contribution in [0.15, 0.2) is 17.5 Å². The van der Waals surface area contributed by atoms with Crippen LogP contribution in [0.2, 0.25) is 0 Å². The Labute approximate surface area is 171 Å².